The summed E-state index contributed by atoms with van der Waals surface area (Å²) in [5.41, 5.74) is 0.313. The maximum atomic E-state index is 13.0. The molecule has 1 N–H and O–H groups in total. The van der Waals surface area contributed by atoms with Crippen LogP contribution in [-0.4, -0.2) is 18.5 Å². The highest BCUT2D eigenvalue weighted by Gasteiger charge is 2.13. The summed E-state index contributed by atoms with van der Waals surface area (Å²) < 4.78 is 19.0. The van der Waals surface area contributed by atoms with Gasteiger partial charge in [-0.2, -0.15) is 0 Å². The van der Waals surface area contributed by atoms with E-state index >= 15 is 0 Å². The lowest BCUT2D eigenvalue weighted by molar-refractivity contribution is -0.119. The number of rotatable bonds is 4. The summed E-state index contributed by atoms with van der Waals surface area (Å²) >= 11 is 1.31. The van der Waals surface area contributed by atoms with Gasteiger partial charge in [0.25, 0.3) is 5.91 Å². The molecule has 0 spiro atoms. The molecule has 4 nitrogen and oxygen atoms in total. The molecule has 23 heavy (non-hydrogen) atoms. The summed E-state index contributed by atoms with van der Waals surface area (Å²) in [7, 11) is 0. The van der Waals surface area contributed by atoms with Crippen LogP contribution in [0.3, 0.4) is 0 Å². The van der Waals surface area contributed by atoms with Crippen LogP contribution in [0, 0.1) is 5.82 Å². The Morgan fingerprint density at radius 2 is 1.91 bits per heavy atom. The first-order valence-corrected chi connectivity index (χ1v) is 7.64. The van der Waals surface area contributed by atoms with Gasteiger partial charge < -0.3 is 10.1 Å². The number of hydrogen-bond donors (Lipinski definition) is 1. The van der Waals surface area contributed by atoms with Crippen molar-refractivity contribution in [3.05, 3.63) is 65.3 Å². The van der Waals surface area contributed by atoms with E-state index in [4.69, 9.17) is 4.74 Å². The highest BCUT2D eigenvalue weighted by molar-refractivity contribution is 7.20. The van der Waals surface area contributed by atoms with Crippen molar-refractivity contribution >= 4 is 39.0 Å². The minimum atomic E-state index is -0.555. The van der Waals surface area contributed by atoms with Crippen molar-refractivity contribution in [2.24, 2.45) is 0 Å². The molecule has 1 heterocycles. The quantitative estimate of drug-likeness (QED) is 0.740. The fourth-order valence-electron chi connectivity index (χ4n) is 2.05. The van der Waals surface area contributed by atoms with Crippen LogP contribution in [0.4, 0.5) is 10.1 Å². The Bertz CT molecular complexity index is 842. The third kappa shape index (κ3) is 3.73. The minimum Gasteiger partial charge on any atom is -0.451 e. The SMILES string of the molecule is O=C(COC(=O)c1cc2ccccc2s1)Nc1cccc(F)c1. The van der Waals surface area contributed by atoms with Crippen molar-refractivity contribution in [1.82, 2.24) is 0 Å². The predicted molar refractivity (Wildman–Crippen MR) is 87.1 cm³/mol. The normalized spacial score (nSPS) is 10.5. The van der Waals surface area contributed by atoms with Crippen LogP contribution in [-0.2, 0) is 9.53 Å². The van der Waals surface area contributed by atoms with E-state index in [0.29, 0.717) is 10.6 Å². The molecule has 0 atom stereocenters. The van der Waals surface area contributed by atoms with Crippen molar-refractivity contribution in [2.45, 2.75) is 0 Å². The Morgan fingerprint density at radius 1 is 1.09 bits per heavy atom. The van der Waals surface area contributed by atoms with Gasteiger partial charge in [-0.1, -0.05) is 24.3 Å². The van der Waals surface area contributed by atoms with Crippen LogP contribution in [0.25, 0.3) is 10.1 Å². The van der Waals surface area contributed by atoms with Gasteiger partial charge in [-0.25, -0.2) is 9.18 Å². The molecule has 1 aromatic heterocycles. The van der Waals surface area contributed by atoms with Crippen LogP contribution in [0.1, 0.15) is 9.67 Å². The van der Waals surface area contributed by atoms with E-state index < -0.39 is 24.3 Å². The molecule has 1 amide bonds. The predicted octanol–water partition coefficient (Wildman–Crippen LogP) is 3.84. The molecule has 0 aliphatic rings. The summed E-state index contributed by atoms with van der Waals surface area (Å²) in [6.07, 6.45) is 0. The Labute approximate surface area is 135 Å². The molecule has 3 aromatic rings. The molecule has 0 aliphatic heterocycles. The maximum absolute atomic E-state index is 13.0. The average molecular weight is 329 g/mol. The Kier molecular flexibility index (Phi) is 4.34. The monoisotopic (exact) mass is 329 g/mol. The molecule has 0 aliphatic carbocycles. The summed E-state index contributed by atoms with van der Waals surface area (Å²) in [4.78, 5) is 24.1. The van der Waals surface area contributed by atoms with Crippen molar-refractivity contribution in [2.75, 3.05) is 11.9 Å². The van der Waals surface area contributed by atoms with Gasteiger partial charge in [-0.15, -0.1) is 11.3 Å². The summed E-state index contributed by atoms with van der Waals surface area (Å²) in [5.74, 6) is -1.53. The molecular formula is C17H12FNO3S. The summed E-state index contributed by atoms with van der Waals surface area (Å²) in [5, 5.41) is 3.42. The molecule has 0 saturated carbocycles. The number of halogens is 1. The third-order valence-electron chi connectivity index (χ3n) is 3.07. The lowest BCUT2D eigenvalue weighted by Crippen LogP contribution is -2.20. The highest BCUT2D eigenvalue weighted by Crippen LogP contribution is 2.25. The molecular weight excluding hydrogens is 317 g/mol. The van der Waals surface area contributed by atoms with Gasteiger partial charge in [0, 0.05) is 10.4 Å². The number of amides is 1. The van der Waals surface area contributed by atoms with Crippen molar-refractivity contribution in [3.63, 3.8) is 0 Å². The first-order valence-electron chi connectivity index (χ1n) is 6.83. The number of anilines is 1. The minimum absolute atomic E-state index is 0.313. The van der Waals surface area contributed by atoms with Gasteiger partial charge in [-0.3, -0.25) is 4.79 Å². The molecule has 116 valence electrons. The number of fused-ring (bicyclic) bond motifs is 1. The third-order valence-corrected chi connectivity index (χ3v) is 4.17. The summed E-state index contributed by atoms with van der Waals surface area (Å²) in [6.45, 7) is -0.427. The van der Waals surface area contributed by atoms with E-state index in [0.717, 1.165) is 10.1 Å². The van der Waals surface area contributed by atoms with Crippen molar-refractivity contribution in [1.29, 1.82) is 0 Å². The standard InChI is InChI=1S/C17H12FNO3S/c18-12-5-3-6-13(9-12)19-16(20)10-22-17(21)15-8-11-4-1-2-7-14(11)23-15/h1-9H,10H2,(H,19,20). The van der Waals surface area contributed by atoms with Crippen LogP contribution in [0.15, 0.2) is 54.6 Å². The van der Waals surface area contributed by atoms with Gasteiger partial charge in [0.05, 0.1) is 0 Å². The fourth-order valence-corrected chi connectivity index (χ4v) is 3.00. The molecule has 0 bridgehead atoms. The second kappa shape index (κ2) is 6.58. The van der Waals surface area contributed by atoms with Crippen molar-refractivity contribution < 1.29 is 18.7 Å². The zero-order valence-electron chi connectivity index (χ0n) is 11.9. The number of hydrogen-bond acceptors (Lipinski definition) is 4. The molecule has 2 aromatic carbocycles. The van der Waals surface area contributed by atoms with Gasteiger partial charge >= 0.3 is 5.97 Å². The Hall–Kier alpha value is -2.73. The van der Waals surface area contributed by atoms with E-state index in [1.54, 1.807) is 12.1 Å². The van der Waals surface area contributed by atoms with E-state index in [2.05, 4.69) is 5.32 Å². The first-order chi connectivity index (χ1) is 11.1. The van der Waals surface area contributed by atoms with E-state index in [1.165, 1.54) is 29.5 Å². The fraction of sp³-hybridized carbons (Fsp3) is 0.0588. The maximum Gasteiger partial charge on any atom is 0.348 e. The van der Waals surface area contributed by atoms with E-state index in [-0.39, 0.29) is 0 Å². The van der Waals surface area contributed by atoms with E-state index in [9.17, 15) is 14.0 Å². The lowest BCUT2D eigenvalue weighted by Gasteiger charge is -2.05. The lowest BCUT2D eigenvalue weighted by atomic mass is 10.2. The Balaban J connectivity index is 1.59. The first kappa shape index (κ1) is 15.2. The van der Waals surface area contributed by atoms with Crippen LogP contribution < -0.4 is 5.32 Å². The molecule has 0 fully saturated rings. The van der Waals surface area contributed by atoms with Gasteiger partial charge in [0.15, 0.2) is 6.61 Å². The van der Waals surface area contributed by atoms with Crippen LogP contribution in [0.5, 0.6) is 0 Å². The molecule has 0 unspecified atom stereocenters. The van der Waals surface area contributed by atoms with Gasteiger partial charge in [0.1, 0.15) is 10.7 Å². The number of benzene rings is 2. The highest BCUT2D eigenvalue weighted by atomic mass is 32.1. The zero-order valence-corrected chi connectivity index (χ0v) is 12.7. The second-order valence-electron chi connectivity index (χ2n) is 4.78. The van der Waals surface area contributed by atoms with Gasteiger partial charge in [-0.05, 0) is 35.7 Å². The number of nitrogens with one attached hydrogen (secondary N) is 1. The molecule has 0 saturated heterocycles. The van der Waals surface area contributed by atoms with Gasteiger partial charge in [0.2, 0.25) is 0 Å². The van der Waals surface area contributed by atoms with Crippen LogP contribution in [0.2, 0.25) is 0 Å². The number of thiophene rings is 1. The summed E-state index contributed by atoms with van der Waals surface area (Å²) in [6, 6.07) is 14.8. The number of carbonyl (C=O) groups is 2. The number of carbonyl (C=O) groups excluding carboxylic acids is 2. The largest absolute Gasteiger partial charge is 0.451 e. The van der Waals surface area contributed by atoms with Crippen molar-refractivity contribution in [3.8, 4) is 0 Å². The van der Waals surface area contributed by atoms with Crippen LogP contribution >= 0.6 is 11.3 Å². The number of ether oxygens (including phenoxy) is 1. The second-order valence-corrected chi connectivity index (χ2v) is 5.87. The molecule has 6 heteroatoms. The topological polar surface area (TPSA) is 55.4 Å². The smallest absolute Gasteiger partial charge is 0.348 e. The molecule has 0 radical (unpaired) electrons. The average Bonchev–Trinajstić information content (AvgIpc) is 2.97. The Morgan fingerprint density at radius 3 is 2.70 bits per heavy atom. The number of esters is 1. The molecule has 3 rings (SSSR count). The van der Waals surface area contributed by atoms with E-state index in [1.807, 2.05) is 24.3 Å². The zero-order chi connectivity index (χ0) is 16.2.